The van der Waals surface area contributed by atoms with Crippen LogP contribution in [0.1, 0.15) is 17.6 Å². The SMILES string of the molecule is OC(c1nnc(-c2ccccc2)o1)c1cn(-c2ccccc2)nc1-c1cccnc1. The molecule has 2 aromatic carbocycles. The van der Waals surface area contributed by atoms with Crippen LogP contribution >= 0.6 is 0 Å². The monoisotopic (exact) mass is 395 g/mol. The third-order valence-corrected chi connectivity index (χ3v) is 4.69. The molecular formula is C23H17N5O2. The van der Waals surface area contributed by atoms with Gasteiger partial charge in [-0.05, 0) is 36.4 Å². The van der Waals surface area contributed by atoms with Gasteiger partial charge in [0.25, 0.3) is 0 Å². The Balaban J connectivity index is 1.57. The first kappa shape index (κ1) is 18.0. The smallest absolute Gasteiger partial charge is 0.250 e. The van der Waals surface area contributed by atoms with Crippen molar-refractivity contribution in [1.29, 1.82) is 0 Å². The van der Waals surface area contributed by atoms with Gasteiger partial charge in [0.1, 0.15) is 5.69 Å². The summed E-state index contributed by atoms with van der Waals surface area (Å²) < 4.78 is 7.48. The molecule has 1 atom stereocenters. The van der Waals surface area contributed by atoms with E-state index < -0.39 is 6.10 Å². The Labute approximate surface area is 172 Å². The molecule has 0 aliphatic carbocycles. The number of aliphatic hydroxyl groups excluding tert-OH is 1. The Morgan fingerprint density at radius 2 is 1.57 bits per heavy atom. The quantitative estimate of drug-likeness (QED) is 0.483. The Morgan fingerprint density at radius 1 is 0.833 bits per heavy atom. The summed E-state index contributed by atoms with van der Waals surface area (Å²) in [4.78, 5) is 4.18. The zero-order chi connectivity index (χ0) is 20.3. The fraction of sp³-hybridized carbons (Fsp3) is 0.0435. The molecule has 146 valence electrons. The van der Waals surface area contributed by atoms with Crippen LogP contribution in [-0.4, -0.2) is 30.1 Å². The van der Waals surface area contributed by atoms with Crippen molar-refractivity contribution in [2.24, 2.45) is 0 Å². The Morgan fingerprint density at radius 3 is 2.30 bits per heavy atom. The largest absolute Gasteiger partial charge is 0.417 e. The lowest BCUT2D eigenvalue weighted by Crippen LogP contribution is -2.01. The van der Waals surface area contributed by atoms with E-state index in [1.165, 1.54) is 0 Å². The molecule has 0 amide bonds. The van der Waals surface area contributed by atoms with Crippen LogP contribution in [-0.2, 0) is 0 Å². The molecule has 7 nitrogen and oxygen atoms in total. The summed E-state index contributed by atoms with van der Waals surface area (Å²) in [5.41, 5.74) is 3.59. The van der Waals surface area contributed by atoms with E-state index in [1.54, 1.807) is 23.3 Å². The molecule has 0 spiro atoms. The minimum Gasteiger partial charge on any atom is -0.417 e. The van der Waals surface area contributed by atoms with Gasteiger partial charge in [-0.15, -0.1) is 10.2 Å². The van der Waals surface area contributed by atoms with Crippen LogP contribution in [0.2, 0.25) is 0 Å². The number of pyridine rings is 1. The predicted octanol–water partition coefficient (Wildman–Crippen LogP) is 4.07. The van der Waals surface area contributed by atoms with E-state index >= 15 is 0 Å². The predicted molar refractivity (Wildman–Crippen MR) is 111 cm³/mol. The minimum absolute atomic E-state index is 0.103. The number of aromatic nitrogens is 5. The second-order valence-electron chi connectivity index (χ2n) is 6.67. The third kappa shape index (κ3) is 3.38. The van der Waals surface area contributed by atoms with Crippen LogP contribution < -0.4 is 0 Å². The fourth-order valence-electron chi connectivity index (χ4n) is 3.20. The number of rotatable bonds is 5. The zero-order valence-electron chi connectivity index (χ0n) is 15.8. The molecule has 5 rings (SSSR count). The first-order chi connectivity index (χ1) is 14.8. The fourth-order valence-corrected chi connectivity index (χ4v) is 3.20. The Kier molecular flexibility index (Phi) is 4.63. The number of nitrogens with zero attached hydrogens (tertiary/aromatic N) is 5. The molecule has 0 saturated carbocycles. The van der Waals surface area contributed by atoms with E-state index in [0.29, 0.717) is 17.1 Å². The van der Waals surface area contributed by atoms with E-state index in [1.807, 2.05) is 72.8 Å². The maximum atomic E-state index is 11.1. The Hall–Kier alpha value is -4.10. The number of benzene rings is 2. The molecular weight excluding hydrogens is 378 g/mol. The summed E-state index contributed by atoms with van der Waals surface area (Å²) in [5.74, 6) is 0.453. The van der Waals surface area contributed by atoms with Gasteiger partial charge in [-0.1, -0.05) is 36.4 Å². The van der Waals surface area contributed by atoms with Gasteiger partial charge in [0, 0.05) is 35.3 Å². The van der Waals surface area contributed by atoms with Gasteiger partial charge < -0.3 is 9.52 Å². The summed E-state index contributed by atoms with van der Waals surface area (Å²) in [6, 6.07) is 22.8. The van der Waals surface area contributed by atoms with Crippen molar-refractivity contribution in [3.05, 3.63) is 103 Å². The molecule has 1 unspecified atom stereocenters. The molecule has 7 heteroatoms. The highest BCUT2D eigenvalue weighted by molar-refractivity contribution is 5.63. The average molecular weight is 395 g/mol. The van der Waals surface area contributed by atoms with Gasteiger partial charge in [0.2, 0.25) is 11.8 Å². The number of para-hydroxylation sites is 1. The van der Waals surface area contributed by atoms with Crippen LogP contribution in [0.15, 0.2) is 95.8 Å². The summed E-state index contributed by atoms with van der Waals surface area (Å²) in [6.45, 7) is 0. The molecule has 5 aromatic rings. The highest BCUT2D eigenvalue weighted by Crippen LogP contribution is 2.32. The summed E-state index contributed by atoms with van der Waals surface area (Å²) in [5, 5.41) is 23.9. The van der Waals surface area contributed by atoms with Crippen molar-refractivity contribution < 1.29 is 9.52 Å². The Bertz CT molecular complexity index is 1250. The highest BCUT2D eigenvalue weighted by Gasteiger charge is 2.25. The van der Waals surface area contributed by atoms with E-state index in [-0.39, 0.29) is 5.89 Å². The van der Waals surface area contributed by atoms with Crippen LogP contribution in [0.25, 0.3) is 28.4 Å². The lowest BCUT2D eigenvalue weighted by molar-refractivity contribution is 0.184. The minimum atomic E-state index is -1.14. The zero-order valence-corrected chi connectivity index (χ0v) is 15.8. The second kappa shape index (κ2) is 7.73. The van der Waals surface area contributed by atoms with Gasteiger partial charge in [-0.2, -0.15) is 5.10 Å². The van der Waals surface area contributed by atoms with Crippen molar-refractivity contribution >= 4 is 0 Å². The van der Waals surface area contributed by atoms with Gasteiger partial charge in [0.05, 0.1) is 5.69 Å². The van der Waals surface area contributed by atoms with Crippen molar-refractivity contribution in [1.82, 2.24) is 25.0 Å². The molecule has 0 saturated heterocycles. The van der Waals surface area contributed by atoms with Crippen LogP contribution in [0.3, 0.4) is 0 Å². The van der Waals surface area contributed by atoms with Crippen molar-refractivity contribution in [2.75, 3.05) is 0 Å². The maximum Gasteiger partial charge on any atom is 0.250 e. The standard InChI is InChI=1S/C23H17N5O2/c29-21(23-26-25-22(30-23)16-8-3-1-4-9-16)19-15-28(18-11-5-2-6-12-18)27-20(19)17-10-7-13-24-14-17/h1-15,21,29H. The second-order valence-corrected chi connectivity index (χ2v) is 6.67. The summed E-state index contributed by atoms with van der Waals surface area (Å²) in [7, 11) is 0. The van der Waals surface area contributed by atoms with E-state index in [2.05, 4.69) is 20.3 Å². The highest BCUT2D eigenvalue weighted by atomic mass is 16.4. The van der Waals surface area contributed by atoms with Crippen LogP contribution in [0.4, 0.5) is 0 Å². The first-order valence-corrected chi connectivity index (χ1v) is 9.42. The van der Waals surface area contributed by atoms with Gasteiger partial charge in [0.15, 0.2) is 6.10 Å². The van der Waals surface area contributed by atoms with Crippen molar-refractivity contribution in [3.63, 3.8) is 0 Å². The number of aliphatic hydroxyl groups is 1. The molecule has 0 radical (unpaired) electrons. The lowest BCUT2D eigenvalue weighted by atomic mass is 10.1. The summed E-state index contributed by atoms with van der Waals surface area (Å²) in [6.07, 6.45) is 4.03. The summed E-state index contributed by atoms with van der Waals surface area (Å²) >= 11 is 0. The van der Waals surface area contributed by atoms with Crippen LogP contribution in [0, 0.1) is 0 Å². The van der Waals surface area contributed by atoms with E-state index in [4.69, 9.17) is 4.42 Å². The van der Waals surface area contributed by atoms with E-state index in [9.17, 15) is 5.11 Å². The third-order valence-electron chi connectivity index (χ3n) is 4.69. The molecule has 30 heavy (non-hydrogen) atoms. The van der Waals surface area contributed by atoms with Gasteiger partial charge in [-0.3, -0.25) is 4.98 Å². The molecule has 3 aromatic heterocycles. The maximum absolute atomic E-state index is 11.1. The van der Waals surface area contributed by atoms with Crippen LogP contribution in [0.5, 0.6) is 0 Å². The molecule has 0 aliphatic rings. The molecule has 0 fully saturated rings. The van der Waals surface area contributed by atoms with Crippen molar-refractivity contribution in [2.45, 2.75) is 6.10 Å². The first-order valence-electron chi connectivity index (χ1n) is 9.42. The topological polar surface area (TPSA) is 89.9 Å². The van der Waals surface area contributed by atoms with Gasteiger partial charge in [-0.25, -0.2) is 4.68 Å². The molecule has 1 N–H and O–H groups in total. The molecule has 3 heterocycles. The van der Waals surface area contributed by atoms with E-state index in [0.717, 1.165) is 16.8 Å². The molecule has 0 aliphatic heterocycles. The molecule has 0 bridgehead atoms. The lowest BCUT2D eigenvalue weighted by Gasteiger charge is -2.06. The average Bonchev–Trinajstić information content (AvgIpc) is 3.49. The number of hydrogen-bond acceptors (Lipinski definition) is 6. The van der Waals surface area contributed by atoms with Crippen molar-refractivity contribution in [3.8, 4) is 28.4 Å². The normalized spacial score (nSPS) is 12.0. The van der Waals surface area contributed by atoms with Gasteiger partial charge >= 0.3 is 0 Å². The number of hydrogen-bond donors (Lipinski definition) is 1.